The van der Waals surface area contributed by atoms with Crippen molar-refractivity contribution in [2.75, 3.05) is 0 Å². The van der Waals surface area contributed by atoms with E-state index in [1.54, 1.807) is 0 Å². The molecule has 3 heteroatoms. The fraction of sp³-hybridized carbons (Fsp3) is 0.241. The van der Waals surface area contributed by atoms with Crippen molar-refractivity contribution in [3.8, 4) is 6.07 Å². The molecule has 0 saturated heterocycles. The van der Waals surface area contributed by atoms with Crippen LogP contribution in [0.3, 0.4) is 0 Å². The molecule has 3 nitrogen and oxygen atoms in total. The highest BCUT2D eigenvalue weighted by molar-refractivity contribution is 6.29. The Morgan fingerprint density at radius 3 is 2.38 bits per heavy atom. The van der Waals surface area contributed by atoms with Crippen LogP contribution >= 0.6 is 0 Å². The smallest absolute Gasteiger partial charge is 0.0825 e. The quantitative estimate of drug-likeness (QED) is 0.207. The summed E-state index contributed by atoms with van der Waals surface area (Å²) in [6.07, 6.45) is 1.91. The number of aromatic nitrogens is 2. The Balaban J connectivity index is 2.13. The number of nitriles is 1. The maximum atomic E-state index is 10.1. The van der Waals surface area contributed by atoms with Crippen molar-refractivity contribution >= 4 is 49.0 Å². The molecule has 0 aliphatic carbocycles. The van der Waals surface area contributed by atoms with Gasteiger partial charge in [0.2, 0.25) is 0 Å². The molecule has 3 heterocycles. The number of aryl methyl sites for hydroxylation is 4. The molecule has 0 N–H and O–H groups in total. The summed E-state index contributed by atoms with van der Waals surface area (Å²) >= 11 is 0. The first-order chi connectivity index (χ1) is 15.3. The monoisotopic (exact) mass is 415 g/mol. The fourth-order valence-electron chi connectivity index (χ4n) is 5.71. The lowest BCUT2D eigenvalue weighted by Crippen LogP contribution is -2.14. The maximum Gasteiger partial charge on any atom is 0.0825 e. The predicted molar refractivity (Wildman–Crippen MR) is 134 cm³/mol. The number of benzene rings is 3. The van der Waals surface area contributed by atoms with Crippen LogP contribution in [0.1, 0.15) is 41.7 Å². The van der Waals surface area contributed by atoms with Crippen LogP contribution in [0.4, 0.5) is 0 Å². The first-order valence-corrected chi connectivity index (χ1v) is 11.1. The van der Waals surface area contributed by atoms with Crippen LogP contribution in [0, 0.1) is 39.0 Å². The van der Waals surface area contributed by atoms with Gasteiger partial charge in [0.1, 0.15) is 0 Å². The van der Waals surface area contributed by atoms with E-state index in [-0.39, 0.29) is 0 Å². The van der Waals surface area contributed by atoms with Gasteiger partial charge in [0.05, 0.1) is 33.6 Å². The summed E-state index contributed by atoms with van der Waals surface area (Å²) in [6, 6.07) is 15.7. The van der Waals surface area contributed by atoms with Gasteiger partial charge in [0.15, 0.2) is 0 Å². The zero-order valence-corrected chi connectivity index (χ0v) is 19.4. The number of rotatable bonds is 1. The number of hydrogen-bond acceptors (Lipinski definition) is 2. The van der Waals surface area contributed by atoms with Crippen molar-refractivity contribution in [2.45, 2.75) is 47.0 Å². The first-order valence-electron chi connectivity index (χ1n) is 11.1. The summed E-state index contributed by atoms with van der Waals surface area (Å²) in [5.41, 5.74) is 10.2. The van der Waals surface area contributed by atoms with Crippen LogP contribution < -0.4 is 0 Å². The molecule has 0 bridgehead atoms. The van der Waals surface area contributed by atoms with Crippen LogP contribution in [0.25, 0.3) is 49.0 Å². The summed E-state index contributed by atoms with van der Waals surface area (Å²) in [5.74, 6) is 0. The molecule has 0 amide bonds. The van der Waals surface area contributed by atoms with Gasteiger partial charge in [-0.2, -0.15) is 5.26 Å². The van der Waals surface area contributed by atoms with Gasteiger partial charge in [0, 0.05) is 27.7 Å². The Hall–Kier alpha value is -3.64. The average Bonchev–Trinajstić information content (AvgIpc) is 3.12. The van der Waals surface area contributed by atoms with Gasteiger partial charge in [0.25, 0.3) is 0 Å². The SMILES string of the molecule is Cc1cc(C)c2c(c1C)c1nccc3cc(C(C)(C)C#N)c4c5c(C)cccc5n2c4c31. The molecule has 3 aromatic carbocycles. The van der Waals surface area contributed by atoms with Gasteiger partial charge in [-0.25, -0.2) is 0 Å². The number of nitrogens with zero attached hydrogens (tertiary/aromatic N) is 3. The minimum atomic E-state index is -0.614. The van der Waals surface area contributed by atoms with Gasteiger partial charge < -0.3 is 4.40 Å². The Morgan fingerprint density at radius 2 is 1.62 bits per heavy atom. The molecule has 32 heavy (non-hydrogen) atoms. The highest BCUT2D eigenvalue weighted by atomic mass is 14.9. The van der Waals surface area contributed by atoms with Crippen LogP contribution in [-0.4, -0.2) is 9.38 Å². The average molecular weight is 416 g/mol. The molecule has 156 valence electrons. The highest BCUT2D eigenvalue weighted by Crippen LogP contribution is 2.46. The number of fused-ring (bicyclic) bond motifs is 6. The van der Waals surface area contributed by atoms with Crippen molar-refractivity contribution in [1.82, 2.24) is 9.38 Å². The summed E-state index contributed by atoms with van der Waals surface area (Å²) < 4.78 is 2.45. The van der Waals surface area contributed by atoms with E-state index in [1.165, 1.54) is 60.3 Å². The van der Waals surface area contributed by atoms with E-state index in [1.807, 2.05) is 20.0 Å². The highest BCUT2D eigenvalue weighted by Gasteiger charge is 2.29. The lowest BCUT2D eigenvalue weighted by Gasteiger charge is -2.21. The van der Waals surface area contributed by atoms with E-state index in [9.17, 15) is 5.26 Å². The van der Waals surface area contributed by atoms with Gasteiger partial charge in [-0.3, -0.25) is 4.98 Å². The third-order valence-corrected chi connectivity index (χ3v) is 7.41. The second-order valence-corrected chi connectivity index (χ2v) is 9.81. The van der Waals surface area contributed by atoms with E-state index in [2.05, 4.69) is 74.6 Å². The molecule has 0 radical (unpaired) electrons. The van der Waals surface area contributed by atoms with Crippen LogP contribution in [0.15, 0.2) is 42.6 Å². The Bertz CT molecular complexity index is 1790. The topological polar surface area (TPSA) is 41.1 Å². The molecule has 0 atom stereocenters. The molecular weight excluding hydrogens is 390 g/mol. The van der Waals surface area contributed by atoms with Crippen molar-refractivity contribution < 1.29 is 0 Å². The van der Waals surface area contributed by atoms with Gasteiger partial charge in [-0.1, -0.05) is 18.2 Å². The largest absolute Gasteiger partial charge is 0.308 e. The summed E-state index contributed by atoms with van der Waals surface area (Å²) in [4.78, 5) is 4.93. The normalized spacial score (nSPS) is 12.7. The standard InChI is InChI=1S/C29H25N3/c1-15-8-7-9-21-22(15)25-20(29(5,6)14-30)13-19-10-11-31-26-23-18(4)16(2)12-17(3)27(23)32(21)28(25)24(19)26/h7-13H,1-6H3. The maximum absolute atomic E-state index is 10.1. The molecule has 0 saturated carbocycles. The third kappa shape index (κ3) is 2.12. The Kier molecular flexibility index (Phi) is 3.57. The van der Waals surface area contributed by atoms with E-state index in [0.29, 0.717) is 0 Å². The van der Waals surface area contributed by atoms with Crippen molar-refractivity contribution in [2.24, 2.45) is 0 Å². The minimum absolute atomic E-state index is 0.614. The van der Waals surface area contributed by atoms with E-state index in [4.69, 9.17) is 4.98 Å². The zero-order chi connectivity index (χ0) is 22.5. The lowest BCUT2D eigenvalue weighted by atomic mass is 9.81. The van der Waals surface area contributed by atoms with Crippen molar-refractivity contribution in [1.29, 1.82) is 5.26 Å². The third-order valence-electron chi connectivity index (χ3n) is 7.41. The summed E-state index contributed by atoms with van der Waals surface area (Å²) in [5, 5.41) is 16.1. The molecule has 0 aliphatic heterocycles. The first kappa shape index (κ1) is 19.1. The molecule has 0 aliphatic rings. The molecular formula is C29H25N3. The van der Waals surface area contributed by atoms with Gasteiger partial charge in [-0.15, -0.1) is 0 Å². The van der Waals surface area contributed by atoms with Crippen LogP contribution in [0.5, 0.6) is 0 Å². The van der Waals surface area contributed by atoms with Crippen LogP contribution in [-0.2, 0) is 5.41 Å². The van der Waals surface area contributed by atoms with E-state index < -0.39 is 5.41 Å². The molecule has 3 aromatic heterocycles. The second-order valence-electron chi connectivity index (χ2n) is 9.81. The number of hydrogen-bond donors (Lipinski definition) is 0. The lowest BCUT2D eigenvalue weighted by molar-refractivity contribution is 0.695. The molecule has 0 spiro atoms. The van der Waals surface area contributed by atoms with Crippen LogP contribution in [0.2, 0.25) is 0 Å². The summed E-state index contributed by atoms with van der Waals surface area (Å²) in [6.45, 7) is 12.8. The molecule has 6 rings (SSSR count). The van der Waals surface area contributed by atoms with Crippen molar-refractivity contribution in [3.63, 3.8) is 0 Å². The Labute approximate surface area is 187 Å². The van der Waals surface area contributed by atoms with Crippen molar-refractivity contribution in [3.05, 3.63) is 70.4 Å². The van der Waals surface area contributed by atoms with E-state index >= 15 is 0 Å². The minimum Gasteiger partial charge on any atom is -0.308 e. The van der Waals surface area contributed by atoms with E-state index in [0.717, 1.165) is 16.5 Å². The molecule has 6 aromatic rings. The van der Waals surface area contributed by atoms with Gasteiger partial charge >= 0.3 is 0 Å². The molecule has 0 unspecified atom stereocenters. The summed E-state index contributed by atoms with van der Waals surface area (Å²) in [7, 11) is 0. The zero-order valence-electron chi connectivity index (χ0n) is 19.4. The Morgan fingerprint density at radius 1 is 0.844 bits per heavy atom. The number of pyridine rings is 2. The fourth-order valence-corrected chi connectivity index (χ4v) is 5.71. The van der Waals surface area contributed by atoms with Gasteiger partial charge in [-0.05, 0) is 92.9 Å². The predicted octanol–water partition coefficient (Wildman–Crippen LogP) is 7.42. The molecule has 0 fully saturated rings. The second kappa shape index (κ2) is 5.99.